The van der Waals surface area contributed by atoms with E-state index in [1.807, 2.05) is 50.3 Å². The Hall–Kier alpha value is -1.89. The van der Waals surface area contributed by atoms with Gasteiger partial charge in [-0.15, -0.1) is 6.58 Å². The third kappa shape index (κ3) is 8.60. The van der Waals surface area contributed by atoms with Crippen LogP contribution in [0, 0.1) is 11.8 Å². The number of carbonyl (C=O) groups is 1. The van der Waals surface area contributed by atoms with E-state index < -0.39 is 66.7 Å². The number of rotatable bonds is 9. The third-order valence-electron chi connectivity index (χ3n) is 8.56. The lowest BCUT2D eigenvalue weighted by Crippen LogP contribution is -2.61. The number of allylic oxidation sites excluding steroid dienone is 4. The normalized spacial score (nSPS) is 43.3. The van der Waals surface area contributed by atoms with Gasteiger partial charge in [0.15, 0.2) is 12.1 Å². The number of carbonyl (C=O) groups excluding carboxylic acids is 1. The monoisotopic (exact) mass is 594 g/mol. The summed E-state index contributed by atoms with van der Waals surface area (Å²) in [5.41, 5.74) is 0.986. The van der Waals surface area contributed by atoms with E-state index in [-0.39, 0.29) is 18.4 Å². The quantitative estimate of drug-likeness (QED) is 0.158. The van der Waals surface area contributed by atoms with Crippen LogP contribution in [0.1, 0.15) is 59.8 Å². The summed E-state index contributed by atoms with van der Waals surface area (Å²) in [6.45, 7) is 10.9. The molecule has 2 bridgehead atoms. The van der Waals surface area contributed by atoms with Gasteiger partial charge in [0.2, 0.25) is 0 Å². The predicted octanol–water partition coefficient (Wildman–Crippen LogP) is 3.35. The molecule has 3 aliphatic heterocycles. The number of methoxy groups -OCH3 is 2. The Morgan fingerprint density at radius 1 is 1.12 bits per heavy atom. The molecule has 0 spiro atoms. The van der Waals surface area contributed by atoms with Gasteiger partial charge in [0, 0.05) is 39.4 Å². The summed E-state index contributed by atoms with van der Waals surface area (Å²) in [7, 11) is 3.02. The highest BCUT2D eigenvalue weighted by Gasteiger charge is 2.53. The molecule has 0 saturated carbocycles. The van der Waals surface area contributed by atoms with Gasteiger partial charge in [-0.2, -0.15) is 0 Å². The summed E-state index contributed by atoms with van der Waals surface area (Å²) < 4.78 is 35.6. The van der Waals surface area contributed by atoms with E-state index in [4.69, 9.17) is 28.4 Å². The Bertz CT molecular complexity index is 978. The second kappa shape index (κ2) is 15.7. The number of esters is 1. The Labute approximate surface area is 250 Å². The third-order valence-corrected chi connectivity index (χ3v) is 8.56. The van der Waals surface area contributed by atoms with Crippen LogP contribution in [0.2, 0.25) is 0 Å². The zero-order valence-corrected chi connectivity index (χ0v) is 25.8. The van der Waals surface area contributed by atoms with Crippen LogP contribution in [-0.4, -0.2) is 96.4 Å². The second-order valence-electron chi connectivity index (χ2n) is 11.7. The molecule has 42 heavy (non-hydrogen) atoms. The van der Waals surface area contributed by atoms with E-state index in [1.165, 1.54) is 7.11 Å². The largest absolute Gasteiger partial charge is 0.457 e. The fraction of sp³-hybridized carbons (Fsp3) is 0.719. The molecule has 0 aliphatic carbocycles. The molecule has 3 aliphatic rings. The summed E-state index contributed by atoms with van der Waals surface area (Å²) in [6.07, 6.45) is 6.90. The van der Waals surface area contributed by atoms with Crippen molar-refractivity contribution in [2.75, 3.05) is 14.2 Å². The molecule has 3 heterocycles. The van der Waals surface area contributed by atoms with Crippen molar-refractivity contribution in [3.8, 4) is 0 Å². The highest BCUT2D eigenvalue weighted by atomic mass is 16.7. The minimum absolute atomic E-state index is 0.0523. The molecule has 2 saturated heterocycles. The lowest BCUT2D eigenvalue weighted by atomic mass is 9.81. The predicted molar refractivity (Wildman–Crippen MR) is 156 cm³/mol. The van der Waals surface area contributed by atoms with Crippen molar-refractivity contribution >= 4 is 5.97 Å². The Balaban J connectivity index is 1.90. The molecule has 0 radical (unpaired) electrons. The molecule has 0 amide bonds. The van der Waals surface area contributed by atoms with Crippen LogP contribution in [0.25, 0.3) is 0 Å². The van der Waals surface area contributed by atoms with Gasteiger partial charge in [-0.25, -0.2) is 0 Å². The van der Waals surface area contributed by atoms with Gasteiger partial charge in [-0.1, -0.05) is 42.9 Å². The Morgan fingerprint density at radius 2 is 1.86 bits per heavy atom. The molecule has 10 heteroatoms. The van der Waals surface area contributed by atoms with Gasteiger partial charge < -0.3 is 43.7 Å². The molecule has 2 unspecified atom stereocenters. The Kier molecular flexibility index (Phi) is 13.0. The van der Waals surface area contributed by atoms with E-state index in [1.54, 1.807) is 21.0 Å². The number of fused-ring (bicyclic) bond motifs is 2. The van der Waals surface area contributed by atoms with Crippen LogP contribution in [0.15, 0.2) is 48.6 Å². The topological polar surface area (TPSA) is 133 Å². The van der Waals surface area contributed by atoms with Crippen LogP contribution >= 0.6 is 0 Å². The molecule has 3 rings (SSSR count). The number of ether oxygens (including phenoxy) is 6. The summed E-state index contributed by atoms with van der Waals surface area (Å²) in [4.78, 5) is 13.4. The SMILES string of the molecule is C=CCC/C=C/C=C/C1C/C(C)=C/[C@@H](OC)C[C@@H]2O[C@@](O)(CC(O[C@@H]3O[C@@H](C)[C@H](O)[C@@H](O)[C@H]3OC)[C@@H]2C)[C@H](C)C(=O)O1. The standard InChI is InChI=1S/C32H50O10/c1-8-9-10-11-12-13-14-23-15-19(2)16-24(37-6)17-25-20(3)26(18-32(36,42-25)21(4)30(35)40-23)41-31-29(38-7)28(34)27(33)22(5)39-31/h8,11-14,16,20-29,31,33-34,36H,1,9-10,15,17-18H2,2-7H3/b12-11+,14-13+,19-16+/t20-,21-,22+,23?,24-,25+,26?,27+,28-,29-,31+,32+/m1/s1. The van der Waals surface area contributed by atoms with E-state index in [9.17, 15) is 20.1 Å². The second-order valence-corrected chi connectivity index (χ2v) is 11.7. The molecule has 0 aromatic heterocycles. The molecule has 12 atom stereocenters. The zero-order chi connectivity index (χ0) is 31.0. The maximum atomic E-state index is 13.4. The van der Waals surface area contributed by atoms with Crippen LogP contribution < -0.4 is 0 Å². The first-order valence-corrected chi connectivity index (χ1v) is 14.9. The molecule has 0 aromatic rings. The van der Waals surface area contributed by atoms with Gasteiger partial charge in [-0.05, 0) is 39.7 Å². The average Bonchev–Trinajstić information content (AvgIpc) is 2.94. The minimum atomic E-state index is -1.91. The molecule has 2 fully saturated rings. The maximum Gasteiger partial charge on any atom is 0.314 e. The number of cyclic esters (lactones) is 1. The number of hydrogen-bond donors (Lipinski definition) is 3. The van der Waals surface area contributed by atoms with Crippen LogP contribution in [0.4, 0.5) is 0 Å². The van der Waals surface area contributed by atoms with E-state index in [2.05, 4.69) is 6.58 Å². The van der Waals surface area contributed by atoms with Gasteiger partial charge in [0.25, 0.3) is 0 Å². The highest BCUT2D eigenvalue weighted by molar-refractivity contribution is 5.73. The van der Waals surface area contributed by atoms with Crippen LogP contribution in [0.3, 0.4) is 0 Å². The molecule has 0 aromatic carbocycles. The summed E-state index contributed by atoms with van der Waals surface area (Å²) in [6, 6.07) is 0. The molecular formula is C32H50O10. The van der Waals surface area contributed by atoms with Crippen molar-refractivity contribution in [2.24, 2.45) is 11.8 Å². The number of aliphatic hydroxyl groups is 3. The Morgan fingerprint density at radius 3 is 2.52 bits per heavy atom. The van der Waals surface area contributed by atoms with Crippen molar-refractivity contribution in [1.82, 2.24) is 0 Å². The van der Waals surface area contributed by atoms with Crippen molar-refractivity contribution in [2.45, 2.75) is 121 Å². The van der Waals surface area contributed by atoms with Crippen LogP contribution in [-0.2, 0) is 33.2 Å². The number of hydrogen-bond acceptors (Lipinski definition) is 10. The molecule has 10 nitrogen and oxygen atoms in total. The highest BCUT2D eigenvalue weighted by Crippen LogP contribution is 2.41. The van der Waals surface area contributed by atoms with Gasteiger partial charge in [0.05, 0.1) is 24.4 Å². The van der Waals surface area contributed by atoms with E-state index in [0.717, 1.165) is 18.4 Å². The van der Waals surface area contributed by atoms with Crippen LogP contribution in [0.5, 0.6) is 0 Å². The number of aliphatic hydroxyl groups excluding tert-OH is 2. The lowest BCUT2D eigenvalue weighted by Gasteiger charge is -2.49. The van der Waals surface area contributed by atoms with Gasteiger partial charge >= 0.3 is 5.97 Å². The smallest absolute Gasteiger partial charge is 0.314 e. The van der Waals surface area contributed by atoms with Gasteiger partial charge in [-0.3, -0.25) is 4.79 Å². The van der Waals surface area contributed by atoms with Gasteiger partial charge in [0.1, 0.15) is 30.3 Å². The lowest BCUT2D eigenvalue weighted by molar-refractivity contribution is -0.353. The zero-order valence-electron chi connectivity index (χ0n) is 25.8. The summed E-state index contributed by atoms with van der Waals surface area (Å²) >= 11 is 0. The fourth-order valence-electron chi connectivity index (χ4n) is 5.70. The molecule has 3 N–H and O–H groups in total. The first kappa shape index (κ1) is 34.6. The van der Waals surface area contributed by atoms with E-state index in [0.29, 0.717) is 12.8 Å². The summed E-state index contributed by atoms with van der Waals surface area (Å²) in [5, 5.41) is 32.7. The molecule has 238 valence electrons. The van der Waals surface area contributed by atoms with Crippen molar-refractivity contribution < 1.29 is 48.5 Å². The molecular weight excluding hydrogens is 544 g/mol. The van der Waals surface area contributed by atoms with Crippen molar-refractivity contribution in [3.05, 3.63) is 48.6 Å². The minimum Gasteiger partial charge on any atom is -0.457 e. The average molecular weight is 595 g/mol. The number of unbranched alkanes of at least 4 members (excludes halogenated alkanes) is 1. The maximum absolute atomic E-state index is 13.4. The van der Waals surface area contributed by atoms with Crippen molar-refractivity contribution in [3.63, 3.8) is 0 Å². The summed E-state index contributed by atoms with van der Waals surface area (Å²) in [5.74, 6) is -3.80. The fourth-order valence-corrected chi connectivity index (χ4v) is 5.70. The van der Waals surface area contributed by atoms with E-state index >= 15 is 0 Å². The first-order valence-electron chi connectivity index (χ1n) is 14.9. The van der Waals surface area contributed by atoms with Crippen molar-refractivity contribution in [1.29, 1.82) is 0 Å². The first-order chi connectivity index (χ1) is 19.9.